The molecule has 1 aliphatic rings. The monoisotopic (exact) mass is 620 g/mol. The second-order valence-corrected chi connectivity index (χ2v) is 11.0. The van der Waals surface area contributed by atoms with Gasteiger partial charge in [0.15, 0.2) is 5.69 Å². The Hall–Kier alpha value is -3.69. The van der Waals surface area contributed by atoms with Crippen LogP contribution in [-0.4, -0.2) is 46.2 Å². The molecule has 5 rings (SSSR count). The SMILES string of the molecule is O=C(Nc1c(Br)c(C(=O)NCCC2CCN(c3ccncc3)CC2)nn1Cc1ccccc1)c1ccccc1Cl. The van der Waals surface area contributed by atoms with Crippen LogP contribution in [0.2, 0.25) is 5.02 Å². The van der Waals surface area contributed by atoms with Gasteiger partial charge in [-0.3, -0.25) is 14.6 Å². The molecule has 0 unspecified atom stereocenters. The summed E-state index contributed by atoms with van der Waals surface area (Å²) in [4.78, 5) is 32.8. The number of nitrogens with zero attached hydrogens (tertiary/aromatic N) is 4. The maximum atomic E-state index is 13.2. The number of carbonyl (C=O) groups excluding carboxylic acids is 2. The number of pyridine rings is 1. The molecule has 0 saturated carbocycles. The first-order valence-electron chi connectivity index (χ1n) is 13.3. The van der Waals surface area contributed by atoms with E-state index in [1.165, 1.54) is 5.69 Å². The zero-order valence-corrected chi connectivity index (χ0v) is 24.2. The average molecular weight is 622 g/mol. The number of carbonyl (C=O) groups is 2. The summed E-state index contributed by atoms with van der Waals surface area (Å²) >= 11 is 9.78. The van der Waals surface area contributed by atoms with Crippen LogP contribution >= 0.6 is 27.5 Å². The van der Waals surface area contributed by atoms with Gasteiger partial charge in [0.1, 0.15) is 5.82 Å². The van der Waals surface area contributed by atoms with Crippen molar-refractivity contribution in [1.29, 1.82) is 0 Å². The standard InChI is InChI=1S/C30H30BrClN6O2/c31-26-27(30(40)34-17-10-21-13-18-37(19-14-21)23-11-15-33-16-12-23)36-38(20-22-6-2-1-3-7-22)28(26)35-29(39)24-8-4-5-9-25(24)32/h1-9,11-12,15-16,21H,10,13-14,17-20H2,(H,34,40)(H,35,39). The van der Waals surface area contributed by atoms with Gasteiger partial charge in [0, 0.05) is 37.7 Å². The summed E-state index contributed by atoms with van der Waals surface area (Å²) in [6.45, 7) is 2.91. The van der Waals surface area contributed by atoms with Crippen molar-refractivity contribution in [1.82, 2.24) is 20.1 Å². The van der Waals surface area contributed by atoms with E-state index in [1.54, 1.807) is 28.9 Å². The van der Waals surface area contributed by atoms with E-state index < -0.39 is 0 Å². The highest BCUT2D eigenvalue weighted by Gasteiger charge is 2.25. The molecule has 0 bridgehead atoms. The summed E-state index contributed by atoms with van der Waals surface area (Å²) in [6, 6.07) is 20.7. The lowest BCUT2D eigenvalue weighted by Crippen LogP contribution is -2.35. The van der Waals surface area contributed by atoms with Crippen molar-refractivity contribution in [2.24, 2.45) is 5.92 Å². The van der Waals surface area contributed by atoms with E-state index in [0.717, 1.165) is 37.9 Å². The van der Waals surface area contributed by atoms with Gasteiger partial charge < -0.3 is 15.5 Å². The van der Waals surface area contributed by atoms with Gasteiger partial charge in [-0.15, -0.1) is 0 Å². The second kappa shape index (κ2) is 13.1. The van der Waals surface area contributed by atoms with Crippen molar-refractivity contribution in [2.45, 2.75) is 25.8 Å². The zero-order valence-electron chi connectivity index (χ0n) is 21.9. The Morgan fingerprint density at radius 2 is 1.65 bits per heavy atom. The third kappa shape index (κ3) is 6.71. The van der Waals surface area contributed by atoms with E-state index in [9.17, 15) is 9.59 Å². The highest BCUT2D eigenvalue weighted by atomic mass is 79.9. The third-order valence-corrected chi connectivity index (χ3v) is 8.20. The predicted octanol–water partition coefficient (Wildman–Crippen LogP) is 6.03. The number of hydrogen-bond donors (Lipinski definition) is 2. The molecule has 0 aliphatic carbocycles. The van der Waals surface area contributed by atoms with Crippen LogP contribution in [0.1, 0.15) is 45.7 Å². The highest BCUT2D eigenvalue weighted by Crippen LogP contribution is 2.29. The molecule has 40 heavy (non-hydrogen) atoms. The van der Waals surface area contributed by atoms with Crippen molar-refractivity contribution >= 4 is 50.9 Å². The molecule has 10 heteroatoms. The van der Waals surface area contributed by atoms with Crippen LogP contribution in [-0.2, 0) is 6.54 Å². The van der Waals surface area contributed by atoms with Crippen molar-refractivity contribution in [3.63, 3.8) is 0 Å². The minimum Gasteiger partial charge on any atom is -0.371 e. The number of piperidine rings is 1. The number of nitrogens with one attached hydrogen (secondary N) is 2. The minimum absolute atomic E-state index is 0.220. The topological polar surface area (TPSA) is 92.2 Å². The van der Waals surface area contributed by atoms with Gasteiger partial charge in [-0.25, -0.2) is 4.68 Å². The highest BCUT2D eigenvalue weighted by molar-refractivity contribution is 9.10. The fourth-order valence-corrected chi connectivity index (χ4v) is 5.69. The van der Waals surface area contributed by atoms with E-state index in [1.807, 2.05) is 54.9 Å². The Bertz CT molecular complexity index is 1460. The Morgan fingerprint density at radius 1 is 0.950 bits per heavy atom. The summed E-state index contributed by atoms with van der Waals surface area (Å²) in [5.41, 5.74) is 2.74. The molecule has 0 spiro atoms. The molecular weight excluding hydrogens is 592 g/mol. The molecular formula is C30H30BrClN6O2. The lowest BCUT2D eigenvalue weighted by atomic mass is 9.93. The maximum absolute atomic E-state index is 13.2. The van der Waals surface area contributed by atoms with Crippen LogP contribution in [0, 0.1) is 5.92 Å². The summed E-state index contributed by atoms with van der Waals surface area (Å²) in [5.74, 6) is 0.261. The third-order valence-electron chi connectivity index (χ3n) is 7.12. The molecule has 0 radical (unpaired) electrons. The molecule has 8 nitrogen and oxygen atoms in total. The summed E-state index contributed by atoms with van der Waals surface area (Å²) < 4.78 is 2.05. The summed E-state index contributed by atoms with van der Waals surface area (Å²) in [5, 5.41) is 10.9. The lowest BCUT2D eigenvalue weighted by Gasteiger charge is -2.33. The van der Waals surface area contributed by atoms with Gasteiger partial charge in [-0.1, -0.05) is 54.1 Å². The Kier molecular flexibility index (Phi) is 9.13. The first-order chi connectivity index (χ1) is 19.5. The Balaban J connectivity index is 1.24. The molecule has 1 saturated heterocycles. The summed E-state index contributed by atoms with van der Waals surface area (Å²) in [6.07, 6.45) is 6.69. The molecule has 2 aromatic heterocycles. The quantitative estimate of drug-likeness (QED) is 0.238. The number of rotatable bonds is 9. The van der Waals surface area contributed by atoms with Crippen LogP contribution in [0.25, 0.3) is 0 Å². The van der Waals surface area contributed by atoms with Gasteiger partial charge in [0.2, 0.25) is 0 Å². The number of hydrogen-bond acceptors (Lipinski definition) is 5. The van der Waals surface area contributed by atoms with E-state index in [0.29, 0.717) is 39.9 Å². The van der Waals surface area contributed by atoms with Crippen molar-refractivity contribution < 1.29 is 9.59 Å². The smallest absolute Gasteiger partial charge is 0.273 e. The minimum atomic E-state index is -0.384. The molecule has 2 amide bonds. The second-order valence-electron chi connectivity index (χ2n) is 9.77. The van der Waals surface area contributed by atoms with Crippen LogP contribution in [0.4, 0.5) is 11.5 Å². The molecule has 2 aromatic carbocycles. The molecule has 1 aliphatic heterocycles. The fraction of sp³-hybridized carbons (Fsp3) is 0.267. The lowest BCUT2D eigenvalue weighted by molar-refractivity contribution is 0.0943. The van der Waals surface area contributed by atoms with Gasteiger partial charge >= 0.3 is 0 Å². The molecule has 4 aromatic rings. The maximum Gasteiger partial charge on any atom is 0.273 e. The normalized spacial score (nSPS) is 13.7. The fourth-order valence-electron chi connectivity index (χ4n) is 4.90. The first kappa shape index (κ1) is 27.9. The van der Waals surface area contributed by atoms with Crippen LogP contribution in [0.5, 0.6) is 0 Å². The number of aromatic nitrogens is 3. The zero-order chi connectivity index (χ0) is 27.9. The number of amides is 2. The molecule has 206 valence electrons. The number of anilines is 2. The molecule has 2 N–H and O–H groups in total. The van der Waals surface area contributed by atoms with Gasteiger partial charge in [-0.2, -0.15) is 5.10 Å². The largest absolute Gasteiger partial charge is 0.371 e. The first-order valence-corrected chi connectivity index (χ1v) is 14.5. The Labute approximate surface area is 246 Å². The van der Waals surface area contributed by atoms with Crippen LogP contribution < -0.4 is 15.5 Å². The van der Waals surface area contributed by atoms with Crippen molar-refractivity contribution in [3.8, 4) is 0 Å². The van der Waals surface area contributed by atoms with Gasteiger partial charge in [0.05, 0.1) is 21.6 Å². The van der Waals surface area contributed by atoms with E-state index >= 15 is 0 Å². The van der Waals surface area contributed by atoms with E-state index in [-0.39, 0.29) is 17.5 Å². The molecule has 3 heterocycles. The van der Waals surface area contributed by atoms with E-state index in [2.05, 4.69) is 41.5 Å². The van der Waals surface area contributed by atoms with E-state index in [4.69, 9.17) is 11.6 Å². The van der Waals surface area contributed by atoms with Crippen molar-refractivity contribution in [2.75, 3.05) is 29.9 Å². The predicted molar refractivity (Wildman–Crippen MR) is 161 cm³/mol. The number of benzene rings is 2. The summed E-state index contributed by atoms with van der Waals surface area (Å²) in [7, 11) is 0. The van der Waals surface area contributed by atoms with Gasteiger partial charge in [0.25, 0.3) is 11.8 Å². The Morgan fingerprint density at radius 3 is 2.38 bits per heavy atom. The molecule has 0 atom stereocenters. The molecule has 1 fully saturated rings. The van der Waals surface area contributed by atoms with Crippen LogP contribution in [0.3, 0.4) is 0 Å². The number of halogens is 2. The van der Waals surface area contributed by atoms with Crippen LogP contribution in [0.15, 0.2) is 83.6 Å². The van der Waals surface area contributed by atoms with Crippen molar-refractivity contribution in [3.05, 3.63) is 105 Å². The van der Waals surface area contributed by atoms with Gasteiger partial charge in [-0.05, 0) is 70.9 Å². The average Bonchev–Trinajstić information content (AvgIpc) is 3.28.